The molecule has 0 atom stereocenters. The summed E-state index contributed by atoms with van der Waals surface area (Å²) in [7, 11) is 0. The first-order valence-corrected chi connectivity index (χ1v) is 0.636. The molecule has 0 bridgehead atoms. The number of hydrogen-bond donors (Lipinski definition) is 0. The summed E-state index contributed by atoms with van der Waals surface area (Å²) in [6, 6.07) is 0. The fourth-order valence-corrected chi connectivity index (χ4v) is 0. The van der Waals surface area contributed by atoms with Crippen LogP contribution in [0.4, 0.5) is 0 Å². The van der Waals surface area contributed by atoms with Crippen molar-refractivity contribution >= 4 is 37.7 Å². The average Bonchev–Trinajstić information content (AvgIpc) is 1.00. The molecule has 5 heteroatoms. The van der Waals surface area contributed by atoms with E-state index in [0.29, 0.717) is 0 Å². The summed E-state index contributed by atoms with van der Waals surface area (Å²) in [6.07, 6.45) is 0. The van der Waals surface area contributed by atoms with Crippen LogP contribution in [0.5, 0.6) is 0 Å². The summed E-state index contributed by atoms with van der Waals surface area (Å²) < 4.78 is 8.06. The maximum absolute atomic E-state index is 8.06. The average molecular weight is 146 g/mol. The van der Waals surface area contributed by atoms with Crippen LogP contribution in [0.2, 0.25) is 0 Å². The predicted octanol–water partition coefficient (Wildman–Crippen LogP) is -1.42. The molecule has 26 valence electrons. The van der Waals surface area contributed by atoms with Crippen molar-refractivity contribution in [3.8, 4) is 0 Å². The van der Waals surface area contributed by atoms with Gasteiger partial charge in [0.05, 0.1) is 0 Å². The Kier molecular flexibility index (Phi) is 207. The first-order chi connectivity index (χ1) is 1.00. The van der Waals surface area contributed by atoms with Crippen molar-refractivity contribution in [2.45, 2.75) is 0 Å². The van der Waals surface area contributed by atoms with Crippen LogP contribution in [0.15, 0.2) is 0 Å². The van der Waals surface area contributed by atoms with Gasteiger partial charge in [-0.05, 0) is 0 Å². The Morgan fingerprint density at radius 1 is 1.00 bits per heavy atom. The summed E-state index contributed by atoms with van der Waals surface area (Å²) in [6.45, 7) is 0. The Balaban J connectivity index is -0.00000000167. The number of hydrogen-bond acceptors (Lipinski definition) is 1. The molecule has 0 spiro atoms. The summed E-state index contributed by atoms with van der Waals surface area (Å²) in [4.78, 5) is 0. The standard InChI is InChI=1S/Co.2Li.Mn.O.2H. The van der Waals surface area contributed by atoms with Crippen LogP contribution >= 0.6 is 0 Å². The first kappa shape index (κ1) is 27.9. The van der Waals surface area contributed by atoms with Crippen molar-refractivity contribution in [1.82, 2.24) is 0 Å². The fraction of sp³-hybridized carbons (Fsp3) is 0. The predicted molar refractivity (Wildman–Crippen MR) is 15.0 cm³/mol. The summed E-state index contributed by atoms with van der Waals surface area (Å²) in [5.41, 5.74) is 0. The van der Waals surface area contributed by atoms with Crippen LogP contribution in [0, 0.1) is 0 Å². The van der Waals surface area contributed by atoms with Crippen LogP contribution in [-0.2, 0) is 36.6 Å². The van der Waals surface area contributed by atoms with Gasteiger partial charge in [0.1, 0.15) is 0 Å². The van der Waals surface area contributed by atoms with Gasteiger partial charge in [-0.2, -0.15) is 0 Å². The molecule has 0 aliphatic heterocycles. The summed E-state index contributed by atoms with van der Waals surface area (Å²) in [5.74, 6) is 0. The van der Waals surface area contributed by atoms with E-state index in [2.05, 4.69) is 0 Å². The molecular formula is H2CoLi2MnO. The topological polar surface area (TPSA) is 17.1 Å². The molecule has 0 aromatic heterocycles. The third-order valence-electron chi connectivity index (χ3n) is 0. The Labute approximate surface area is 73.6 Å². The Morgan fingerprint density at radius 2 is 1.00 bits per heavy atom. The third kappa shape index (κ3) is 23.8. The Hall–Kier alpha value is 2.02. The summed E-state index contributed by atoms with van der Waals surface area (Å²) >= 11 is 1.69. The van der Waals surface area contributed by atoms with Crippen LogP contribution in [0.1, 0.15) is 0 Å². The van der Waals surface area contributed by atoms with Gasteiger partial charge in [0.15, 0.2) is 0 Å². The van der Waals surface area contributed by atoms with Crippen molar-refractivity contribution in [2.75, 3.05) is 0 Å². The molecule has 0 aliphatic rings. The van der Waals surface area contributed by atoms with Crippen molar-refractivity contribution in [2.24, 2.45) is 0 Å². The minimum absolute atomic E-state index is 0. The van der Waals surface area contributed by atoms with Crippen molar-refractivity contribution in [3.05, 3.63) is 0 Å². The van der Waals surface area contributed by atoms with E-state index in [4.69, 9.17) is 3.83 Å². The van der Waals surface area contributed by atoms with Gasteiger partial charge < -0.3 is 0 Å². The molecule has 0 aromatic carbocycles. The summed E-state index contributed by atoms with van der Waals surface area (Å²) in [5, 5.41) is 0. The molecule has 0 rings (SSSR count). The van der Waals surface area contributed by atoms with Gasteiger partial charge in [0.2, 0.25) is 0 Å². The van der Waals surface area contributed by atoms with Crippen LogP contribution in [0.3, 0.4) is 0 Å². The second-order valence-corrected chi connectivity index (χ2v) is 0. The fourth-order valence-electron chi connectivity index (χ4n) is 0. The molecule has 0 aromatic rings. The van der Waals surface area contributed by atoms with Crippen molar-refractivity contribution in [1.29, 1.82) is 0 Å². The van der Waals surface area contributed by atoms with Gasteiger partial charge in [-0.3, -0.25) is 0 Å². The molecule has 0 saturated carbocycles. The van der Waals surface area contributed by atoms with Gasteiger partial charge in [-0.25, -0.2) is 0 Å². The second kappa shape index (κ2) is 37.2. The van der Waals surface area contributed by atoms with E-state index in [1.807, 2.05) is 0 Å². The third-order valence-corrected chi connectivity index (χ3v) is 0. The van der Waals surface area contributed by atoms with E-state index >= 15 is 0 Å². The van der Waals surface area contributed by atoms with Crippen LogP contribution < -0.4 is 0 Å². The van der Waals surface area contributed by atoms with E-state index in [0.717, 1.165) is 0 Å². The molecule has 0 unspecified atom stereocenters. The zero-order chi connectivity index (χ0) is 2.00. The normalized spacial score (nSPS) is 0.800. The quantitative estimate of drug-likeness (QED) is 0.383. The molecule has 0 aliphatic carbocycles. The van der Waals surface area contributed by atoms with E-state index < -0.39 is 0 Å². The van der Waals surface area contributed by atoms with Crippen LogP contribution in [-0.4, -0.2) is 37.7 Å². The molecular weight excluding hydrogens is 144 g/mol. The van der Waals surface area contributed by atoms with Crippen LogP contribution in [0.25, 0.3) is 0 Å². The van der Waals surface area contributed by atoms with Gasteiger partial charge >= 0.3 is 57.5 Å². The molecule has 5 heavy (non-hydrogen) atoms. The Bertz CT molecular complexity index is 9.61. The van der Waals surface area contributed by atoms with E-state index in [9.17, 15) is 0 Å². The van der Waals surface area contributed by atoms with Gasteiger partial charge in [0.25, 0.3) is 0 Å². The van der Waals surface area contributed by atoms with E-state index in [-0.39, 0.29) is 54.5 Å². The molecule has 0 fully saturated rings. The second-order valence-electron chi connectivity index (χ2n) is 0. The van der Waals surface area contributed by atoms with Crippen molar-refractivity contribution in [3.63, 3.8) is 0 Å². The molecule has 1 radical (unpaired) electrons. The minimum atomic E-state index is 0. The van der Waals surface area contributed by atoms with Crippen molar-refractivity contribution < 1.29 is 36.6 Å². The molecule has 0 heterocycles. The zero-order valence-electron chi connectivity index (χ0n) is 1.12. The first-order valence-electron chi connectivity index (χ1n) is 0.154. The number of rotatable bonds is 0. The van der Waals surface area contributed by atoms with Gasteiger partial charge in [-0.15, -0.1) is 0 Å². The van der Waals surface area contributed by atoms with E-state index in [1.165, 1.54) is 0 Å². The monoisotopic (exact) mass is 146 g/mol. The molecule has 0 N–H and O–H groups in total. The van der Waals surface area contributed by atoms with Gasteiger partial charge in [-0.1, -0.05) is 0 Å². The Morgan fingerprint density at radius 3 is 1.00 bits per heavy atom. The zero-order valence-corrected chi connectivity index (χ0v) is 3.34. The van der Waals surface area contributed by atoms with Gasteiger partial charge in [0, 0.05) is 16.8 Å². The SMILES string of the molecule is [Co].[LiH].[LiH].[O]=[Mn]. The maximum atomic E-state index is 8.06. The molecule has 1 nitrogen and oxygen atoms in total. The van der Waals surface area contributed by atoms with E-state index in [1.54, 1.807) is 15.9 Å². The molecule has 0 saturated heterocycles. The molecule has 0 amide bonds.